The first-order chi connectivity index (χ1) is 15.1. The molecule has 31 heavy (non-hydrogen) atoms. The van der Waals surface area contributed by atoms with Crippen molar-refractivity contribution in [3.8, 4) is 0 Å². The van der Waals surface area contributed by atoms with E-state index in [4.69, 9.17) is 0 Å². The molecule has 6 aromatic carbocycles. The van der Waals surface area contributed by atoms with Gasteiger partial charge in [0.2, 0.25) is 0 Å². The molecule has 0 fully saturated rings. The van der Waals surface area contributed by atoms with Crippen LogP contribution in [0.15, 0.2) is 109 Å². The number of fused-ring (bicyclic) bond motifs is 4. The summed E-state index contributed by atoms with van der Waals surface area (Å²) in [6, 6.07) is 40.7. The van der Waals surface area contributed by atoms with Gasteiger partial charge < -0.3 is 0 Å². The summed E-state index contributed by atoms with van der Waals surface area (Å²) >= 11 is 0. The summed E-state index contributed by atoms with van der Waals surface area (Å²) in [5, 5.41) is 13.5. The highest BCUT2D eigenvalue weighted by molar-refractivity contribution is 7.00. The van der Waals surface area contributed by atoms with Gasteiger partial charge >= 0.3 is 0 Å². The Labute approximate surface area is 183 Å². The highest BCUT2D eigenvalue weighted by atomic mass is 28.3. The lowest BCUT2D eigenvalue weighted by molar-refractivity contribution is 1.72. The Morgan fingerprint density at radius 3 is 1.06 bits per heavy atom. The quantitative estimate of drug-likeness (QED) is 0.210. The van der Waals surface area contributed by atoms with Crippen molar-refractivity contribution in [2.45, 2.75) is 13.1 Å². The van der Waals surface area contributed by atoms with Crippen molar-refractivity contribution in [2.24, 2.45) is 0 Å². The number of rotatable bonds is 2. The van der Waals surface area contributed by atoms with Crippen molar-refractivity contribution in [1.82, 2.24) is 0 Å². The standard InChI is InChI=1S/C30H24Si/c1-31(2,29-13-11-25-15-21-7-3-5-9-23(21)17-27(25)19-29)30-14-12-26-16-22-8-4-6-10-24(22)18-28(26)20-30/h3-20H,1-2H3. The van der Waals surface area contributed by atoms with Gasteiger partial charge in [0, 0.05) is 0 Å². The van der Waals surface area contributed by atoms with Crippen LogP contribution in [-0.4, -0.2) is 8.07 Å². The minimum absolute atomic E-state index is 1.31. The van der Waals surface area contributed by atoms with Crippen LogP contribution in [0.4, 0.5) is 0 Å². The molecule has 0 aromatic heterocycles. The number of hydrogen-bond donors (Lipinski definition) is 0. The van der Waals surface area contributed by atoms with Crippen molar-refractivity contribution < 1.29 is 0 Å². The molecule has 0 unspecified atom stereocenters. The van der Waals surface area contributed by atoms with Crippen molar-refractivity contribution >= 4 is 61.5 Å². The summed E-state index contributed by atoms with van der Waals surface area (Å²) < 4.78 is 0. The first-order valence-electron chi connectivity index (χ1n) is 10.9. The van der Waals surface area contributed by atoms with Crippen LogP contribution < -0.4 is 10.4 Å². The van der Waals surface area contributed by atoms with E-state index in [0.29, 0.717) is 0 Å². The van der Waals surface area contributed by atoms with Gasteiger partial charge in [-0.1, -0.05) is 108 Å². The molecule has 0 radical (unpaired) electrons. The summed E-state index contributed by atoms with van der Waals surface area (Å²) in [6.07, 6.45) is 0. The molecule has 1 heteroatoms. The Morgan fingerprint density at radius 1 is 0.355 bits per heavy atom. The van der Waals surface area contributed by atoms with E-state index in [1.54, 1.807) is 0 Å². The summed E-state index contributed by atoms with van der Waals surface area (Å²) in [4.78, 5) is 0. The third-order valence-electron chi connectivity index (χ3n) is 6.85. The maximum atomic E-state index is 2.47. The topological polar surface area (TPSA) is 0 Å². The fourth-order valence-corrected chi connectivity index (χ4v) is 7.19. The number of hydrogen-bond acceptors (Lipinski definition) is 0. The van der Waals surface area contributed by atoms with Crippen LogP contribution in [0.3, 0.4) is 0 Å². The van der Waals surface area contributed by atoms with E-state index in [0.717, 1.165) is 0 Å². The SMILES string of the molecule is C[Si](C)(c1ccc2cc3ccccc3cc2c1)c1ccc2cc3ccccc3cc2c1. The predicted molar refractivity (Wildman–Crippen MR) is 140 cm³/mol. The zero-order chi connectivity index (χ0) is 21.0. The third kappa shape index (κ3) is 3.05. The monoisotopic (exact) mass is 412 g/mol. The van der Waals surface area contributed by atoms with Crippen LogP contribution in [-0.2, 0) is 0 Å². The molecule has 148 valence electrons. The zero-order valence-electron chi connectivity index (χ0n) is 17.9. The molecule has 0 aliphatic rings. The van der Waals surface area contributed by atoms with Gasteiger partial charge in [0.1, 0.15) is 8.07 Å². The molecule has 0 saturated heterocycles. The van der Waals surface area contributed by atoms with Crippen LogP contribution in [0, 0.1) is 0 Å². The van der Waals surface area contributed by atoms with E-state index in [2.05, 4.69) is 122 Å². The molecular weight excluding hydrogens is 388 g/mol. The lowest BCUT2D eigenvalue weighted by atomic mass is 10.0. The molecule has 0 aliphatic heterocycles. The predicted octanol–water partition coefficient (Wildman–Crippen LogP) is 7.12. The fourth-order valence-electron chi connectivity index (χ4n) is 4.82. The van der Waals surface area contributed by atoms with Gasteiger partial charge in [-0.15, -0.1) is 0 Å². The van der Waals surface area contributed by atoms with Crippen LogP contribution in [0.1, 0.15) is 0 Å². The first kappa shape index (κ1) is 18.4. The molecule has 0 N–H and O–H groups in total. The zero-order valence-corrected chi connectivity index (χ0v) is 18.9. The average molecular weight is 413 g/mol. The molecule has 0 saturated carbocycles. The highest BCUT2D eigenvalue weighted by Gasteiger charge is 2.26. The maximum absolute atomic E-state index is 2.47. The fraction of sp³-hybridized carbons (Fsp3) is 0.0667. The minimum Gasteiger partial charge on any atom is -0.0620 e. The van der Waals surface area contributed by atoms with Gasteiger partial charge in [0.25, 0.3) is 0 Å². The molecule has 0 spiro atoms. The Kier molecular flexibility index (Phi) is 4.02. The van der Waals surface area contributed by atoms with E-state index < -0.39 is 8.07 Å². The van der Waals surface area contributed by atoms with E-state index >= 15 is 0 Å². The molecule has 0 atom stereocenters. The molecule has 0 amide bonds. The summed E-state index contributed by atoms with van der Waals surface area (Å²) in [5.74, 6) is 0. The van der Waals surface area contributed by atoms with Gasteiger partial charge in [-0.25, -0.2) is 0 Å². The Morgan fingerprint density at radius 2 is 0.677 bits per heavy atom. The van der Waals surface area contributed by atoms with Gasteiger partial charge in [-0.05, 0) is 67.4 Å². The van der Waals surface area contributed by atoms with E-state index in [1.807, 2.05) is 0 Å². The average Bonchev–Trinajstić information content (AvgIpc) is 2.80. The highest BCUT2D eigenvalue weighted by Crippen LogP contribution is 2.25. The van der Waals surface area contributed by atoms with E-state index in [9.17, 15) is 0 Å². The van der Waals surface area contributed by atoms with Gasteiger partial charge in [-0.3, -0.25) is 0 Å². The molecule has 0 bridgehead atoms. The van der Waals surface area contributed by atoms with Crippen molar-refractivity contribution in [1.29, 1.82) is 0 Å². The van der Waals surface area contributed by atoms with Gasteiger partial charge in [0.15, 0.2) is 0 Å². The largest absolute Gasteiger partial charge is 0.112 e. The second-order valence-corrected chi connectivity index (χ2v) is 13.6. The van der Waals surface area contributed by atoms with Crippen LogP contribution in [0.2, 0.25) is 13.1 Å². The molecular formula is C30H24Si. The molecule has 0 aliphatic carbocycles. The molecule has 0 nitrogen and oxygen atoms in total. The number of benzene rings is 6. The Balaban J connectivity index is 1.49. The summed E-state index contributed by atoms with van der Waals surface area (Å²) in [5.41, 5.74) is 0. The first-order valence-corrected chi connectivity index (χ1v) is 13.9. The third-order valence-corrected chi connectivity index (χ3v) is 10.4. The second kappa shape index (κ2) is 6.80. The lowest BCUT2D eigenvalue weighted by Crippen LogP contribution is -2.52. The molecule has 6 aromatic rings. The Hall–Kier alpha value is -3.42. The van der Waals surface area contributed by atoms with Gasteiger partial charge in [0.05, 0.1) is 0 Å². The van der Waals surface area contributed by atoms with Crippen molar-refractivity contribution in [3.05, 3.63) is 109 Å². The van der Waals surface area contributed by atoms with Crippen LogP contribution in [0.5, 0.6) is 0 Å². The maximum Gasteiger partial charge on any atom is 0.112 e. The molecule has 0 heterocycles. The Bertz CT molecular complexity index is 1490. The molecule has 6 rings (SSSR count). The van der Waals surface area contributed by atoms with Crippen molar-refractivity contribution in [3.63, 3.8) is 0 Å². The smallest absolute Gasteiger partial charge is 0.0620 e. The van der Waals surface area contributed by atoms with E-state index in [-0.39, 0.29) is 0 Å². The van der Waals surface area contributed by atoms with Crippen LogP contribution in [0.25, 0.3) is 43.1 Å². The van der Waals surface area contributed by atoms with E-state index in [1.165, 1.54) is 53.5 Å². The van der Waals surface area contributed by atoms with Crippen LogP contribution >= 0.6 is 0 Å². The van der Waals surface area contributed by atoms with Gasteiger partial charge in [-0.2, -0.15) is 0 Å². The minimum atomic E-state index is -1.82. The summed E-state index contributed by atoms with van der Waals surface area (Å²) in [6.45, 7) is 4.94. The normalized spacial score (nSPS) is 12.2. The van der Waals surface area contributed by atoms with Crippen molar-refractivity contribution in [2.75, 3.05) is 0 Å². The second-order valence-electron chi connectivity index (χ2n) is 9.15. The summed E-state index contributed by atoms with van der Waals surface area (Å²) in [7, 11) is -1.82. The lowest BCUT2D eigenvalue weighted by Gasteiger charge is -2.25.